The quantitative estimate of drug-likeness (QED) is 0.729. The first-order valence-corrected chi connectivity index (χ1v) is 5.45. The van der Waals surface area contributed by atoms with Crippen molar-refractivity contribution in [2.24, 2.45) is 0 Å². The lowest BCUT2D eigenvalue weighted by atomic mass is 10.1. The van der Waals surface area contributed by atoms with E-state index in [4.69, 9.17) is 4.42 Å². The van der Waals surface area contributed by atoms with E-state index in [1.807, 2.05) is 13.8 Å². The summed E-state index contributed by atoms with van der Waals surface area (Å²) in [5.41, 5.74) is 1.29. The van der Waals surface area contributed by atoms with Gasteiger partial charge in [-0.1, -0.05) is 13.3 Å². The van der Waals surface area contributed by atoms with E-state index in [1.54, 1.807) is 0 Å². The van der Waals surface area contributed by atoms with Gasteiger partial charge < -0.3 is 9.73 Å². The molecule has 0 saturated carbocycles. The molecule has 1 aromatic rings. The minimum Gasteiger partial charge on any atom is -0.466 e. The first-order valence-electron chi connectivity index (χ1n) is 5.45. The molecule has 2 heteroatoms. The van der Waals surface area contributed by atoms with Gasteiger partial charge >= 0.3 is 0 Å². The third-order valence-corrected chi connectivity index (χ3v) is 2.53. The van der Waals surface area contributed by atoms with Crippen LogP contribution in [0.2, 0.25) is 0 Å². The molecule has 1 rings (SSSR count). The summed E-state index contributed by atoms with van der Waals surface area (Å²) >= 11 is 0. The molecule has 0 fully saturated rings. The minimum absolute atomic E-state index is 0.402. The van der Waals surface area contributed by atoms with Crippen molar-refractivity contribution in [3.8, 4) is 0 Å². The van der Waals surface area contributed by atoms with Crippen LogP contribution in [0.3, 0.4) is 0 Å². The highest BCUT2D eigenvalue weighted by Gasteiger charge is 2.11. The van der Waals surface area contributed by atoms with Gasteiger partial charge in [-0.15, -0.1) is 0 Å². The zero-order valence-corrected chi connectivity index (χ0v) is 9.68. The van der Waals surface area contributed by atoms with Gasteiger partial charge in [-0.25, -0.2) is 0 Å². The topological polar surface area (TPSA) is 25.2 Å². The zero-order valence-electron chi connectivity index (χ0n) is 9.68. The number of nitrogens with one attached hydrogen (secondary N) is 1. The Labute approximate surface area is 86.7 Å². The second-order valence-corrected chi connectivity index (χ2v) is 3.90. The molecule has 80 valence electrons. The predicted octanol–water partition coefficient (Wildman–Crippen LogP) is 3.35. The summed E-state index contributed by atoms with van der Waals surface area (Å²) in [4.78, 5) is 0. The third kappa shape index (κ3) is 2.88. The van der Waals surface area contributed by atoms with Gasteiger partial charge in [-0.05, 0) is 39.8 Å². The molecule has 0 aromatic carbocycles. The van der Waals surface area contributed by atoms with Crippen LogP contribution in [0.5, 0.6) is 0 Å². The monoisotopic (exact) mass is 195 g/mol. The minimum atomic E-state index is 0.402. The van der Waals surface area contributed by atoms with E-state index in [1.165, 1.54) is 18.4 Å². The number of hydrogen-bond donors (Lipinski definition) is 1. The van der Waals surface area contributed by atoms with Crippen LogP contribution >= 0.6 is 0 Å². The number of unbranched alkanes of at least 4 members (excludes halogenated alkanes) is 1. The van der Waals surface area contributed by atoms with Crippen molar-refractivity contribution >= 4 is 0 Å². The van der Waals surface area contributed by atoms with E-state index in [2.05, 4.69) is 25.2 Å². The van der Waals surface area contributed by atoms with Gasteiger partial charge in [0.15, 0.2) is 0 Å². The van der Waals surface area contributed by atoms with Crippen LogP contribution in [0.15, 0.2) is 10.5 Å². The molecule has 0 radical (unpaired) electrons. The molecule has 0 bridgehead atoms. The average molecular weight is 195 g/mol. The lowest BCUT2D eigenvalue weighted by Crippen LogP contribution is -2.19. The van der Waals surface area contributed by atoms with E-state index < -0.39 is 0 Å². The maximum Gasteiger partial charge on any atom is 0.105 e. The van der Waals surface area contributed by atoms with Gasteiger partial charge in [0.25, 0.3) is 0 Å². The van der Waals surface area contributed by atoms with Crippen LogP contribution in [-0.2, 0) is 0 Å². The normalized spacial score (nSPS) is 13.1. The average Bonchev–Trinajstić information content (AvgIpc) is 2.45. The van der Waals surface area contributed by atoms with E-state index in [9.17, 15) is 0 Å². The van der Waals surface area contributed by atoms with Crippen LogP contribution < -0.4 is 5.32 Å². The van der Waals surface area contributed by atoms with Crippen LogP contribution in [0.4, 0.5) is 0 Å². The Morgan fingerprint density at radius 3 is 2.64 bits per heavy atom. The predicted molar refractivity (Wildman–Crippen MR) is 59.5 cm³/mol. The first-order chi connectivity index (χ1) is 6.65. The van der Waals surface area contributed by atoms with Crippen molar-refractivity contribution in [3.05, 3.63) is 23.2 Å². The number of rotatable bonds is 5. The Morgan fingerprint density at radius 2 is 2.14 bits per heavy atom. The fourth-order valence-corrected chi connectivity index (χ4v) is 1.69. The lowest BCUT2D eigenvalue weighted by Gasteiger charge is -2.12. The number of aryl methyl sites for hydroxylation is 2. The van der Waals surface area contributed by atoms with Crippen molar-refractivity contribution in [3.63, 3.8) is 0 Å². The van der Waals surface area contributed by atoms with Crippen LogP contribution in [0.1, 0.15) is 49.8 Å². The Morgan fingerprint density at radius 1 is 1.43 bits per heavy atom. The molecule has 14 heavy (non-hydrogen) atoms. The molecule has 0 spiro atoms. The van der Waals surface area contributed by atoms with E-state index in [0.717, 1.165) is 18.1 Å². The molecule has 0 aliphatic heterocycles. The summed E-state index contributed by atoms with van der Waals surface area (Å²) in [6, 6.07) is 2.53. The molecule has 2 nitrogen and oxygen atoms in total. The fraction of sp³-hybridized carbons (Fsp3) is 0.667. The van der Waals surface area contributed by atoms with Crippen molar-refractivity contribution < 1.29 is 4.42 Å². The standard InChI is InChI=1S/C12H21NO/c1-5-6-7-13-10(3)12-8-9(2)14-11(12)4/h8,10,13H,5-7H2,1-4H3. The van der Waals surface area contributed by atoms with E-state index >= 15 is 0 Å². The molecule has 1 aromatic heterocycles. The van der Waals surface area contributed by atoms with Crippen molar-refractivity contribution in [2.75, 3.05) is 6.54 Å². The highest BCUT2D eigenvalue weighted by atomic mass is 16.3. The molecule has 1 heterocycles. The summed E-state index contributed by atoms with van der Waals surface area (Å²) < 4.78 is 5.50. The third-order valence-electron chi connectivity index (χ3n) is 2.53. The molecular weight excluding hydrogens is 174 g/mol. The Bertz CT molecular complexity index is 278. The molecule has 0 aliphatic rings. The van der Waals surface area contributed by atoms with E-state index in [-0.39, 0.29) is 0 Å². The Hall–Kier alpha value is -0.760. The SMILES string of the molecule is CCCCNC(C)c1cc(C)oc1C. The van der Waals surface area contributed by atoms with Crippen LogP contribution in [0, 0.1) is 13.8 Å². The van der Waals surface area contributed by atoms with Gasteiger partial charge in [0.1, 0.15) is 11.5 Å². The second kappa shape index (κ2) is 5.20. The second-order valence-electron chi connectivity index (χ2n) is 3.90. The number of hydrogen-bond acceptors (Lipinski definition) is 2. The van der Waals surface area contributed by atoms with E-state index in [0.29, 0.717) is 6.04 Å². The summed E-state index contributed by atoms with van der Waals surface area (Å²) in [7, 11) is 0. The molecular formula is C12H21NO. The maximum atomic E-state index is 5.50. The number of furan rings is 1. The molecule has 1 atom stereocenters. The first kappa shape index (κ1) is 11.3. The lowest BCUT2D eigenvalue weighted by molar-refractivity contribution is 0.488. The van der Waals surface area contributed by atoms with Crippen molar-refractivity contribution in [2.45, 2.75) is 46.6 Å². The van der Waals surface area contributed by atoms with Gasteiger partial charge in [0, 0.05) is 11.6 Å². The Kier molecular flexibility index (Phi) is 4.21. The summed E-state index contributed by atoms with van der Waals surface area (Å²) in [6.07, 6.45) is 2.48. The maximum absolute atomic E-state index is 5.50. The molecule has 0 saturated heterocycles. The van der Waals surface area contributed by atoms with Gasteiger partial charge in [0.2, 0.25) is 0 Å². The summed E-state index contributed by atoms with van der Waals surface area (Å²) in [5, 5.41) is 3.49. The highest BCUT2D eigenvalue weighted by molar-refractivity contribution is 5.23. The van der Waals surface area contributed by atoms with Crippen LogP contribution in [-0.4, -0.2) is 6.54 Å². The fourth-order valence-electron chi connectivity index (χ4n) is 1.69. The molecule has 0 amide bonds. The molecule has 1 unspecified atom stereocenters. The zero-order chi connectivity index (χ0) is 10.6. The van der Waals surface area contributed by atoms with Crippen molar-refractivity contribution in [1.29, 1.82) is 0 Å². The van der Waals surface area contributed by atoms with Gasteiger partial charge in [-0.3, -0.25) is 0 Å². The van der Waals surface area contributed by atoms with Gasteiger partial charge in [-0.2, -0.15) is 0 Å². The van der Waals surface area contributed by atoms with Gasteiger partial charge in [0.05, 0.1) is 0 Å². The largest absolute Gasteiger partial charge is 0.466 e. The summed E-state index contributed by atoms with van der Waals surface area (Å²) in [6.45, 7) is 9.50. The molecule has 1 N–H and O–H groups in total. The highest BCUT2D eigenvalue weighted by Crippen LogP contribution is 2.20. The van der Waals surface area contributed by atoms with Crippen LogP contribution in [0.25, 0.3) is 0 Å². The molecule has 0 aliphatic carbocycles. The Balaban J connectivity index is 2.51. The smallest absolute Gasteiger partial charge is 0.105 e. The summed E-state index contributed by atoms with van der Waals surface area (Å²) in [5.74, 6) is 2.04. The van der Waals surface area contributed by atoms with Crippen molar-refractivity contribution in [1.82, 2.24) is 5.32 Å².